The predicted octanol–water partition coefficient (Wildman–Crippen LogP) is 3.92. The average Bonchev–Trinajstić information content (AvgIpc) is 2.73. The largest absolute Gasteiger partial charge is 0.354 e. The molecule has 0 radical (unpaired) electrons. The molecule has 1 saturated carbocycles. The lowest BCUT2D eigenvalue weighted by atomic mass is 9.84. The molecule has 0 bridgehead atoms. The fourth-order valence-electron chi connectivity index (χ4n) is 4.18. The minimum Gasteiger partial charge on any atom is -0.354 e. The number of guanidine groups is 1. The molecule has 29 heavy (non-hydrogen) atoms. The first kappa shape index (κ1) is 21.3. The highest BCUT2D eigenvalue weighted by molar-refractivity contribution is 6.05. The molecule has 0 aromatic heterocycles. The molecule has 2 N–H and O–H groups in total. The van der Waals surface area contributed by atoms with Gasteiger partial charge in [-0.3, -0.25) is 4.79 Å². The molecule has 1 aliphatic carbocycles. The van der Waals surface area contributed by atoms with Gasteiger partial charge in [-0.1, -0.05) is 38.8 Å². The Morgan fingerprint density at radius 2 is 2.07 bits per heavy atom. The van der Waals surface area contributed by atoms with Crippen molar-refractivity contribution in [1.82, 2.24) is 15.5 Å². The van der Waals surface area contributed by atoms with E-state index in [9.17, 15) is 9.18 Å². The highest BCUT2D eigenvalue weighted by atomic mass is 19.1. The van der Waals surface area contributed by atoms with Crippen molar-refractivity contribution in [1.29, 1.82) is 0 Å². The van der Waals surface area contributed by atoms with Crippen LogP contribution in [-0.4, -0.2) is 42.4 Å². The van der Waals surface area contributed by atoms with Crippen LogP contribution in [0.1, 0.15) is 58.4 Å². The van der Waals surface area contributed by atoms with Crippen molar-refractivity contribution in [2.75, 3.05) is 13.6 Å². The van der Waals surface area contributed by atoms with Crippen LogP contribution in [0, 0.1) is 11.7 Å². The van der Waals surface area contributed by atoms with Crippen LogP contribution in [0.3, 0.4) is 0 Å². The highest BCUT2D eigenvalue weighted by Crippen LogP contribution is 2.31. The van der Waals surface area contributed by atoms with Crippen molar-refractivity contribution in [2.45, 2.75) is 65.0 Å². The van der Waals surface area contributed by atoms with Gasteiger partial charge in [0, 0.05) is 24.7 Å². The third kappa shape index (κ3) is 4.80. The second-order valence-electron chi connectivity index (χ2n) is 8.32. The third-order valence-corrected chi connectivity index (χ3v) is 6.21. The molecule has 0 saturated heterocycles. The van der Waals surface area contributed by atoms with Crippen LogP contribution in [0.25, 0.3) is 5.70 Å². The topological polar surface area (TPSA) is 56.7 Å². The Kier molecular flexibility index (Phi) is 6.93. The number of likely N-dealkylation sites (N-methyl/N-ethyl adjacent to an activating group) is 1. The molecular formula is C23H33FN4O. The summed E-state index contributed by atoms with van der Waals surface area (Å²) < 4.78 is 14.6. The zero-order valence-electron chi connectivity index (χ0n) is 18.0. The maximum Gasteiger partial charge on any atom is 0.253 e. The molecule has 5 nitrogen and oxygen atoms in total. The first-order valence-corrected chi connectivity index (χ1v) is 10.8. The quantitative estimate of drug-likeness (QED) is 0.788. The monoisotopic (exact) mass is 400 g/mol. The van der Waals surface area contributed by atoms with E-state index in [1.165, 1.54) is 12.5 Å². The molecule has 1 fully saturated rings. The summed E-state index contributed by atoms with van der Waals surface area (Å²) in [6.45, 7) is 6.70. The maximum absolute atomic E-state index is 14.6. The maximum atomic E-state index is 14.6. The molecule has 3 rings (SSSR count). The summed E-state index contributed by atoms with van der Waals surface area (Å²) in [5.41, 5.74) is 1.31. The van der Waals surface area contributed by atoms with Crippen LogP contribution in [0.4, 0.5) is 4.39 Å². The summed E-state index contributed by atoms with van der Waals surface area (Å²) >= 11 is 0. The first-order valence-electron chi connectivity index (χ1n) is 10.8. The van der Waals surface area contributed by atoms with E-state index in [0.717, 1.165) is 25.7 Å². The van der Waals surface area contributed by atoms with E-state index in [-0.39, 0.29) is 23.8 Å². The number of halogens is 1. The van der Waals surface area contributed by atoms with Gasteiger partial charge in [0.25, 0.3) is 5.91 Å². The molecule has 3 unspecified atom stereocenters. The van der Waals surface area contributed by atoms with E-state index in [1.807, 2.05) is 11.9 Å². The third-order valence-electron chi connectivity index (χ3n) is 6.21. The van der Waals surface area contributed by atoms with Gasteiger partial charge in [-0.25, -0.2) is 9.38 Å². The average molecular weight is 401 g/mol. The minimum atomic E-state index is -0.366. The first-order chi connectivity index (χ1) is 13.9. The predicted molar refractivity (Wildman–Crippen MR) is 116 cm³/mol. The summed E-state index contributed by atoms with van der Waals surface area (Å²) in [6, 6.07) is 6.98. The van der Waals surface area contributed by atoms with Crippen LogP contribution in [0.5, 0.6) is 0 Å². The normalized spacial score (nSPS) is 23.1. The Labute approximate surface area is 173 Å². The minimum absolute atomic E-state index is 0.0687. The Morgan fingerprint density at radius 3 is 2.76 bits per heavy atom. The number of benzene rings is 1. The Morgan fingerprint density at radius 1 is 1.34 bits per heavy atom. The fraction of sp³-hybridized carbons (Fsp3) is 0.565. The van der Waals surface area contributed by atoms with Crippen molar-refractivity contribution in [3.8, 4) is 0 Å². The Balaban J connectivity index is 1.98. The van der Waals surface area contributed by atoms with Crippen molar-refractivity contribution in [2.24, 2.45) is 10.9 Å². The summed E-state index contributed by atoms with van der Waals surface area (Å²) in [5, 5.41) is 6.52. The zero-order chi connectivity index (χ0) is 21.0. The van der Waals surface area contributed by atoms with Crippen molar-refractivity contribution >= 4 is 17.6 Å². The van der Waals surface area contributed by atoms with Crippen molar-refractivity contribution < 1.29 is 9.18 Å². The number of amides is 1. The van der Waals surface area contributed by atoms with Gasteiger partial charge in [-0.2, -0.15) is 0 Å². The van der Waals surface area contributed by atoms with Gasteiger partial charge in [-0.05, 0) is 44.2 Å². The standard InChI is InChI=1S/C23H33FN4O/c1-5-16(3)26-23-25-14-18(21(27-23)17-11-7-8-12-19(17)24)22(29)28(4)20-13-9-6-10-15(20)2/h7-8,11-12,15-16,20H,5-6,9-10,13-14H2,1-4H3,(H2,25,26,27). The number of hydrogen-bond acceptors (Lipinski definition) is 4. The highest BCUT2D eigenvalue weighted by Gasteiger charge is 2.32. The molecule has 3 atom stereocenters. The van der Waals surface area contributed by atoms with E-state index in [0.29, 0.717) is 35.3 Å². The number of nitrogens with zero attached hydrogens (tertiary/aromatic N) is 2. The zero-order valence-corrected chi connectivity index (χ0v) is 18.0. The lowest BCUT2D eigenvalue weighted by Gasteiger charge is -2.37. The van der Waals surface area contributed by atoms with Gasteiger partial charge in [-0.15, -0.1) is 0 Å². The van der Waals surface area contributed by atoms with Gasteiger partial charge in [0.1, 0.15) is 5.82 Å². The number of nitrogens with one attached hydrogen (secondary N) is 2. The number of rotatable bonds is 5. The SMILES string of the molecule is CCC(C)NC1=NC(c2ccccc2F)=C(C(=O)N(C)C2CCCCC2C)CN1. The summed E-state index contributed by atoms with van der Waals surface area (Å²) in [5.74, 6) is 0.622. The molecule has 1 aliphatic heterocycles. The second kappa shape index (κ2) is 9.42. The van der Waals surface area contributed by atoms with Crippen LogP contribution in [-0.2, 0) is 4.79 Å². The lowest BCUT2D eigenvalue weighted by molar-refractivity contribution is -0.129. The molecule has 0 spiro atoms. The number of hydrogen-bond donors (Lipinski definition) is 2. The van der Waals surface area contributed by atoms with Crippen LogP contribution in [0.15, 0.2) is 34.8 Å². The molecule has 1 aromatic rings. The Hall–Kier alpha value is -2.37. The van der Waals surface area contributed by atoms with Gasteiger partial charge in [0.05, 0.1) is 17.8 Å². The van der Waals surface area contributed by atoms with Gasteiger partial charge >= 0.3 is 0 Å². The second-order valence-corrected chi connectivity index (χ2v) is 8.32. The molecule has 6 heteroatoms. The molecule has 1 aromatic carbocycles. The van der Waals surface area contributed by atoms with Crippen LogP contribution in [0.2, 0.25) is 0 Å². The molecule has 1 heterocycles. The number of carbonyl (C=O) groups excluding carboxylic acids is 1. The smallest absolute Gasteiger partial charge is 0.253 e. The molecular weight excluding hydrogens is 367 g/mol. The fourth-order valence-corrected chi connectivity index (χ4v) is 4.18. The van der Waals surface area contributed by atoms with E-state index < -0.39 is 0 Å². The summed E-state index contributed by atoms with van der Waals surface area (Å²) in [7, 11) is 1.87. The van der Waals surface area contributed by atoms with E-state index in [1.54, 1.807) is 18.2 Å². The van der Waals surface area contributed by atoms with E-state index >= 15 is 0 Å². The van der Waals surface area contributed by atoms with Gasteiger partial charge in [0.15, 0.2) is 5.96 Å². The van der Waals surface area contributed by atoms with Crippen LogP contribution < -0.4 is 10.6 Å². The van der Waals surface area contributed by atoms with E-state index in [4.69, 9.17) is 0 Å². The van der Waals surface area contributed by atoms with E-state index in [2.05, 4.69) is 36.4 Å². The van der Waals surface area contributed by atoms with Gasteiger partial charge < -0.3 is 15.5 Å². The Bertz CT molecular complexity index is 804. The summed E-state index contributed by atoms with van der Waals surface area (Å²) in [4.78, 5) is 19.9. The molecule has 2 aliphatic rings. The number of aliphatic imine (C=N–C) groups is 1. The summed E-state index contributed by atoms with van der Waals surface area (Å²) in [6.07, 6.45) is 5.46. The lowest BCUT2D eigenvalue weighted by Crippen LogP contribution is -2.48. The van der Waals surface area contributed by atoms with Crippen molar-refractivity contribution in [3.05, 3.63) is 41.2 Å². The molecule has 1 amide bonds. The van der Waals surface area contributed by atoms with Crippen LogP contribution >= 0.6 is 0 Å². The van der Waals surface area contributed by atoms with Gasteiger partial charge in [0.2, 0.25) is 0 Å². The molecule has 158 valence electrons. The van der Waals surface area contributed by atoms with Crippen molar-refractivity contribution in [3.63, 3.8) is 0 Å². The number of carbonyl (C=O) groups is 1.